The molecule has 3 aliphatic carbocycles. The Morgan fingerprint density at radius 3 is 2.54 bits per heavy atom. The number of aliphatic hydroxyl groups excluding tert-OH is 3. The number of carbonyl (C=O) groups excluding carboxylic acids is 1. The summed E-state index contributed by atoms with van der Waals surface area (Å²) < 4.78 is 5.85. The average molecular weight is 541 g/mol. The van der Waals surface area contributed by atoms with Crippen LogP contribution in [0, 0.1) is 40.9 Å². The van der Waals surface area contributed by atoms with E-state index in [0.717, 1.165) is 24.8 Å². The van der Waals surface area contributed by atoms with Gasteiger partial charge in [0.25, 0.3) is 0 Å². The number of ether oxygens (including phenoxy) is 1. The average Bonchev–Trinajstić information content (AvgIpc) is 3.36. The fourth-order valence-electron chi connectivity index (χ4n) is 8.66. The highest BCUT2D eigenvalue weighted by Crippen LogP contribution is 2.60. The van der Waals surface area contributed by atoms with Crippen molar-refractivity contribution in [2.75, 3.05) is 6.61 Å². The summed E-state index contributed by atoms with van der Waals surface area (Å²) in [7, 11) is 0. The molecule has 39 heavy (non-hydrogen) atoms. The summed E-state index contributed by atoms with van der Waals surface area (Å²) in [6, 6.07) is 0. The number of aliphatic hydroxyl groups is 3. The number of fused-ring (bicyclic) bond motifs is 1. The zero-order chi connectivity index (χ0) is 28.5. The van der Waals surface area contributed by atoms with Gasteiger partial charge in [0.05, 0.1) is 12.2 Å². The second-order valence-electron chi connectivity index (χ2n) is 13.7. The van der Waals surface area contributed by atoms with Crippen LogP contribution in [0.1, 0.15) is 91.9 Å². The normalized spacial score (nSPS) is 40.0. The van der Waals surface area contributed by atoms with Crippen LogP contribution in [0.2, 0.25) is 0 Å². The number of cyclic esters (lactones) is 1. The van der Waals surface area contributed by atoms with Crippen molar-refractivity contribution in [2.24, 2.45) is 40.9 Å². The highest BCUT2D eigenvalue weighted by atomic mass is 16.6. The summed E-state index contributed by atoms with van der Waals surface area (Å²) in [5.41, 5.74) is 4.03. The molecule has 3 saturated carbocycles. The fourth-order valence-corrected chi connectivity index (χ4v) is 8.66. The smallest absolute Gasteiger partial charge is 0.334 e. The molecule has 1 heterocycles. The van der Waals surface area contributed by atoms with E-state index in [0.29, 0.717) is 54.1 Å². The Hall–Kier alpha value is -1.69. The first kappa shape index (κ1) is 30.3. The van der Waals surface area contributed by atoms with Crippen LogP contribution in [-0.4, -0.2) is 46.2 Å². The minimum absolute atomic E-state index is 0.0511. The van der Waals surface area contributed by atoms with Gasteiger partial charge in [-0.25, -0.2) is 4.79 Å². The molecule has 218 valence electrons. The number of allylic oxidation sites excluding steroid dienone is 3. The molecule has 4 fully saturated rings. The van der Waals surface area contributed by atoms with Gasteiger partial charge >= 0.3 is 5.97 Å². The van der Waals surface area contributed by atoms with Gasteiger partial charge in [0.15, 0.2) is 0 Å². The summed E-state index contributed by atoms with van der Waals surface area (Å²) in [6.45, 7) is 17.5. The fraction of sp³-hybridized carbons (Fsp3) is 0.735. The lowest BCUT2D eigenvalue weighted by atomic mass is 9.60. The molecule has 1 saturated heterocycles. The standard InChI is InChI=1S/C34H52O5/c1-20(2)17-27-23(5)33(38)39-31(27)18-21(3)28-13-14-29-24(9-7-15-34(28,29)6)11-12-25-19-30(36)26(10-8-16-35)32(37)22(25)4/h11-12,20-21,26-32,35-37H,4-5,7-10,13-19H2,1-3,6H3/b24-11-,25-12+/t21?,26?,27?,28-,29+,30?,31?,32?,34-/m1/s1. The Morgan fingerprint density at radius 1 is 1.10 bits per heavy atom. The third kappa shape index (κ3) is 6.16. The third-order valence-electron chi connectivity index (χ3n) is 10.8. The van der Waals surface area contributed by atoms with Crippen LogP contribution < -0.4 is 0 Å². The van der Waals surface area contributed by atoms with Crippen molar-refractivity contribution in [2.45, 2.75) is 110 Å². The minimum Gasteiger partial charge on any atom is -0.458 e. The van der Waals surface area contributed by atoms with Gasteiger partial charge in [-0.05, 0) is 104 Å². The highest BCUT2D eigenvalue weighted by molar-refractivity contribution is 5.90. The molecule has 0 radical (unpaired) electrons. The summed E-state index contributed by atoms with van der Waals surface area (Å²) >= 11 is 0. The number of hydrogen-bond acceptors (Lipinski definition) is 5. The Balaban J connectivity index is 1.46. The Bertz CT molecular complexity index is 992. The quantitative estimate of drug-likeness (QED) is 0.236. The van der Waals surface area contributed by atoms with Gasteiger partial charge in [0.2, 0.25) is 0 Å². The van der Waals surface area contributed by atoms with E-state index in [1.54, 1.807) is 0 Å². The summed E-state index contributed by atoms with van der Waals surface area (Å²) in [4.78, 5) is 12.4. The Morgan fingerprint density at radius 2 is 1.85 bits per heavy atom. The van der Waals surface area contributed by atoms with Gasteiger partial charge in [-0.3, -0.25) is 0 Å². The molecule has 0 spiro atoms. The predicted octanol–water partition coefficient (Wildman–Crippen LogP) is 6.30. The van der Waals surface area contributed by atoms with Crippen molar-refractivity contribution < 1.29 is 24.9 Å². The molecule has 4 aliphatic rings. The van der Waals surface area contributed by atoms with Gasteiger partial charge in [-0.1, -0.05) is 58.6 Å². The molecule has 5 nitrogen and oxygen atoms in total. The molecule has 9 atom stereocenters. The number of esters is 1. The largest absolute Gasteiger partial charge is 0.458 e. The number of rotatable bonds is 9. The van der Waals surface area contributed by atoms with Crippen molar-refractivity contribution in [3.05, 3.63) is 47.6 Å². The summed E-state index contributed by atoms with van der Waals surface area (Å²) in [5, 5.41) is 30.7. The monoisotopic (exact) mass is 540 g/mol. The molecular weight excluding hydrogens is 488 g/mol. The van der Waals surface area contributed by atoms with E-state index >= 15 is 0 Å². The van der Waals surface area contributed by atoms with Crippen LogP contribution in [0.5, 0.6) is 0 Å². The predicted molar refractivity (Wildman–Crippen MR) is 156 cm³/mol. The van der Waals surface area contributed by atoms with Gasteiger partial charge in [-0.2, -0.15) is 0 Å². The second kappa shape index (κ2) is 12.4. The van der Waals surface area contributed by atoms with Gasteiger partial charge in [-0.15, -0.1) is 0 Å². The first-order valence-electron chi connectivity index (χ1n) is 15.4. The van der Waals surface area contributed by atoms with Crippen LogP contribution in [0.3, 0.4) is 0 Å². The van der Waals surface area contributed by atoms with Crippen molar-refractivity contribution in [3.63, 3.8) is 0 Å². The molecule has 5 heteroatoms. The van der Waals surface area contributed by atoms with Crippen LogP contribution in [0.25, 0.3) is 0 Å². The van der Waals surface area contributed by atoms with E-state index in [-0.39, 0.29) is 35.9 Å². The van der Waals surface area contributed by atoms with Crippen molar-refractivity contribution in [3.8, 4) is 0 Å². The number of hydrogen-bond donors (Lipinski definition) is 3. The molecule has 0 aromatic rings. The molecule has 0 aromatic heterocycles. The van der Waals surface area contributed by atoms with E-state index in [2.05, 4.69) is 53.0 Å². The maximum Gasteiger partial charge on any atom is 0.334 e. The van der Waals surface area contributed by atoms with E-state index < -0.39 is 12.2 Å². The van der Waals surface area contributed by atoms with Crippen LogP contribution in [-0.2, 0) is 9.53 Å². The lowest BCUT2D eigenvalue weighted by molar-refractivity contribution is -0.140. The third-order valence-corrected chi connectivity index (χ3v) is 10.8. The van der Waals surface area contributed by atoms with E-state index in [1.807, 2.05) is 0 Å². The molecule has 1 aliphatic heterocycles. The zero-order valence-corrected chi connectivity index (χ0v) is 24.7. The Kier molecular flexibility index (Phi) is 9.66. The van der Waals surface area contributed by atoms with Crippen LogP contribution in [0.4, 0.5) is 0 Å². The molecule has 3 N–H and O–H groups in total. The Labute approximate surface area is 236 Å². The van der Waals surface area contributed by atoms with Crippen molar-refractivity contribution >= 4 is 5.97 Å². The second-order valence-corrected chi connectivity index (χ2v) is 13.7. The topological polar surface area (TPSA) is 87.0 Å². The zero-order valence-electron chi connectivity index (χ0n) is 24.7. The van der Waals surface area contributed by atoms with Gasteiger partial charge in [0, 0.05) is 24.0 Å². The van der Waals surface area contributed by atoms with E-state index in [4.69, 9.17) is 4.74 Å². The highest BCUT2D eigenvalue weighted by Gasteiger charge is 2.52. The maximum absolute atomic E-state index is 12.4. The molecule has 0 aromatic carbocycles. The number of carbonyl (C=O) groups is 1. The molecule has 6 unspecified atom stereocenters. The SMILES string of the molecule is C=C1/C(=C/C=C2/CCC[C@]3(C)[C@@H](C(C)CC4OC(=O)C(=C)C4CC(C)C)CC[C@@H]23)CC(O)C(CCCO)C1O. The van der Waals surface area contributed by atoms with Crippen LogP contribution >= 0.6 is 0 Å². The maximum atomic E-state index is 12.4. The summed E-state index contributed by atoms with van der Waals surface area (Å²) in [5.74, 6) is 1.76. The molecule has 0 amide bonds. The lowest BCUT2D eigenvalue weighted by Crippen LogP contribution is -2.38. The molecule has 0 bridgehead atoms. The van der Waals surface area contributed by atoms with Gasteiger partial charge < -0.3 is 20.1 Å². The van der Waals surface area contributed by atoms with Gasteiger partial charge in [0.1, 0.15) is 6.10 Å². The minimum atomic E-state index is -0.765. The first-order valence-corrected chi connectivity index (χ1v) is 15.4. The molecular formula is C34H52O5. The van der Waals surface area contributed by atoms with E-state index in [9.17, 15) is 20.1 Å². The summed E-state index contributed by atoms with van der Waals surface area (Å²) in [6.07, 6.45) is 12.3. The first-order chi connectivity index (χ1) is 18.5. The molecule has 4 rings (SSSR count). The lowest BCUT2D eigenvalue weighted by Gasteiger charge is -2.45. The van der Waals surface area contributed by atoms with Crippen molar-refractivity contribution in [1.29, 1.82) is 0 Å². The van der Waals surface area contributed by atoms with E-state index in [1.165, 1.54) is 31.3 Å². The van der Waals surface area contributed by atoms with Crippen LogP contribution in [0.15, 0.2) is 47.6 Å². The van der Waals surface area contributed by atoms with Crippen molar-refractivity contribution in [1.82, 2.24) is 0 Å².